The molecule has 0 bridgehead atoms. The summed E-state index contributed by atoms with van der Waals surface area (Å²) in [7, 11) is 0. The topological polar surface area (TPSA) is 110 Å². The maximum atomic E-state index is 11.3. The van der Waals surface area contributed by atoms with Gasteiger partial charge < -0.3 is 5.73 Å². The fourth-order valence-electron chi connectivity index (χ4n) is 1.42. The summed E-state index contributed by atoms with van der Waals surface area (Å²) in [5.41, 5.74) is 5.06. The quantitative estimate of drug-likeness (QED) is 0.442. The molecule has 5 amide bonds. The first-order valence-corrected chi connectivity index (χ1v) is 4.34. The predicted octanol–water partition coefficient (Wildman–Crippen LogP) is -1.43. The van der Waals surface area contributed by atoms with Crippen LogP contribution in [0.5, 0.6) is 0 Å². The second-order valence-corrected chi connectivity index (χ2v) is 3.53. The molecule has 15 heavy (non-hydrogen) atoms. The summed E-state index contributed by atoms with van der Waals surface area (Å²) in [5.74, 6) is -3.24. The summed E-state index contributed by atoms with van der Waals surface area (Å²) in [6.07, 6.45) is 0. The van der Waals surface area contributed by atoms with E-state index in [-0.39, 0.29) is 5.92 Å². The van der Waals surface area contributed by atoms with Gasteiger partial charge in [0.2, 0.25) is 5.91 Å². The van der Waals surface area contributed by atoms with Gasteiger partial charge in [0.05, 0.1) is 0 Å². The van der Waals surface area contributed by atoms with E-state index in [2.05, 4.69) is 0 Å². The summed E-state index contributed by atoms with van der Waals surface area (Å²) < 4.78 is 0. The molecular weight excluding hydrogens is 202 g/mol. The number of rotatable bonds is 3. The maximum Gasteiger partial charge on any atom is 0.332 e. The number of nitrogens with zero attached hydrogens (tertiary/aromatic N) is 1. The van der Waals surface area contributed by atoms with Gasteiger partial charge in [-0.1, -0.05) is 13.8 Å². The molecule has 7 heteroatoms. The number of carbonyl (C=O) groups excluding carboxylic acids is 4. The van der Waals surface area contributed by atoms with Crippen LogP contribution in [0.25, 0.3) is 0 Å². The van der Waals surface area contributed by atoms with Crippen LogP contribution in [0.4, 0.5) is 4.79 Å². The first kappa shape index (κ1) is 11.2. The highest BCUT2D eigenvalue weighted by Crippen LogP contribution is 2.14. The van der Waals surface area contributed by atoms with Crippen molar-refractivity contribution in [2.45, 2.75) is 19.9 Å². The third-order valence-electron chi connectivity index (χ3n) is 2.05. The van der Waals surface area contributed by atoms with E-state index >= 15 is 0 Å². The van der Waals surface area contributed by atoms with Crippen molar-refractivity contribution >= 4 is 23.8 Å². The number of hydrogen-bond acceptors (Lipinski definition) is 4. The lowest BCUT2D eigenvalue weighted by atomic mass is 10.0. The molecule has 0 saturated carbocycles. The van der Waals surface area contributed by atoms with E-state index in [9.17, 15) is 19.2 Å². The molecule has 1 aliphatic rings. The van der Waals surface area contributed by atoms with E-state index in [4.69, 9.17) is 5.73 Å². The van der Waals surface area contributed by atoms with E-state index in [0.717, 1.165) is 0 Å². The minimum Gasteiger partial charge on any atom is -0.368 e. The highest BCUT2D eigenvalue weighted by Gasteiger charge is 2.44. The van der Waals surface area contributed by atoms with E-state index in [1.807, 2.05) is 0 Å². The predicted molar refractivity (Wildman–Crippen MR) is 48.2 cm³/mol. The normalized spacial score (nSPS) is 18.3. The monoisotopic (exact) mass is 213 g/mol. The molecular formula is C8H11N3O4. The Labute approximate surface area is 85.6 Å². The molecule has 1 rings (SSSR count). The van der Waals surface area contributed by atoms with Crippen LogP contribution in [-0.4, -0.2) is 34.7 Å². The number of hydrogen-bond donors (Lipinski definition) is 2. The zero-order valence-electron chi connectivity index (χ0n) is 8.31. The van der Waals surface area contributed by atoms with Gasteiger partial charge in [-0.15, -0.1) is 0 Å². The molecule has 3 N–H and O–H groups in total. The Morgan fingerprint density at radius 2 is 1.87 bits per heavy atom. The van der Waals surface area contributed by atoms with Crippen LogP contribution >= 0.6 is 0 Å². The highest BCUT2D eigenvalue weighted by molar-refractivity contribution is 6.45. The van der Waals surface area contributed by atoms with Crippen LogP contribution in [0.15, 0.2) is 0 Å². The van der Waals surface area contributed by atoms with Crippen molar-refractivity contribution < 1.29 is 19.2 Å². The Morgan fingerprint density at radius 3 is 2.13 bits per heavy atom. The molecule has 7 nitrogen and oxygen atoms in total. The fourth-order valence-corrected chi connectivity index (χ4v) is 1.42. The molecule has 0 spiro atoms. The van der Waals surface area contributed by atoms with Crippen molar-refractivity contribution in [1.29, 1.82) is 0 Å². The Bertz CT molecular complexity index is 350. The zero-order chi connectivity index (χ0) is 11.7. The van der Waals surface area contributed by atoms with Gasteiger partial charge in [0.15, 0.2) is 0 Å². The van der Waals surface area contributed by atoms with Gasteiger partial charge in [0, 0.05) is 0 Å². The number of carbonyl (C=O) groups is 4. The van der Waals surface area contributed by atoms with Crippen LogP contribution in [-0.2, 0) is 14.4 Å². The van der Waals surface area contributed by atoms with E-state index in [0.29, 0.717) is 4.90 Å². The maximum absolute atomic E-state index is 11.3. The van der Waals surface area contributed by atoms with Crippen molar-refractivity contribution in [3.8, 4) is 0 Å². The minimum absolute atomic E-state index is 0.344. The van der Waals surface area contributed by atoms with Crippen LogP contribution in [0.2, 0.25) is 0 Å². The lowest BCUT2D eigenvalue weighted by Gasteiger charge is -2.24. The van der Waals surface area contributed by atoms with E-state index in [1.54, 1.807) is 19.2 Å². The Morgan fingerprint density at radius 1 is 1.33 bits per heavy atom. The number of amides is 5. The average molecular weight is 213 g/mol. The number of urea groups is 1. The fraction of sp³-hybridized carbons (Fsp3) is 0.500. The molecule has 1 saturated heterocycles. The van der Waals surface area contributed by atoms with Gasteiger partial charge in [0.25, 0.3) is 0 Å². The third kappa shape index (κ3) is 1.80. The number of primary amides is 1. The molecule has 0 radical (unpaired) electrons. The van der Waals surface area contributed by atoms with Gasteiger partial charge in [-0.05, 0) is 5.92 Å². The number of nitrogens with one attached hydrogen (secondary N) is 1. The van der Waals surface area contributed by atoms with Gasteiger partial charge in [-0.3, -0.25) is 19.7 Å². The average Bonchev–Trinajstić information content (AvgIpc) is 2.31. The van der Waals surface area contributed by atoms with Crippen molar-refractivity contribution in [2.24, 2.45) is 11.7 Å². The van der Waals surface area contributed by atoms with Crippen LogP contribution in [0.1, 0.15) is 13.8 Å². The second kappa shape index (κ2) is 3.68. The van der Waals surface area contributed by atoms with Crippen LogP contribution in [0, 0.1) is 5.92 Å². The molecule has 1 fully saturated rings. The van der Waals surface area contributed by atoms with Crippen molar-refractivity contribution in [2.75, 3.05) is 0 Å². The second-order valence-electron chi connectivity index (χ2n) is 3.53. The molecule has 1 atom stereocenters. The summed E-state index contributed by atoms with van der Waals surface area (Å²) >= 11 is 0. The van der Waals surface area contributed by atoms with E-state index in [1.165, 1.54) is 0 Å². The van der Waals surface area contributed by atoms with Gasteiger partial charge >= 0.3 is 17.8 Å². The van der Waals surface area contributed by atoms with Crippen LogP contribution in [0.3, 0.4) is 0 Å². The molecule has 82 valence electrons. The smallest absolute Gasteiger partial charge is 0.332 e. The molecule has 0 aliphatic carbocycles. The SMILES string of the molecule is CC(C)C(C(N)=O)N1C(=O)NC(=O)C1=O. The minimum atomic E-state index is -1.09. The van der Waals surface area contributed by atoms with Crippen molar-refractivity contribution in [3.05, 3.63) is 0 Å². The van der Waals surface area contributed by atoms with Crippen LogP contribution < -0.4 is 11.1 Å². The molecule has 0 aromatic heterocycles. The molecule has 1 aliphatic heterocycles. The summed E-state index contributed by atoms with van der Waals surface area (Å²) in [5, 5.41) is 1.80. The van der Waals surface area contributed by atoms with Crippen molar-refractivity contribution in [3.63, 3.8) is 0 Å². The first-order valence-electron chi connectivity index (χ1n) is 4.34. The molecule has 0 aromatic rings. The largest absolute Gasteiger partial charge is 0.368 e. The summed E-state index contributed by atoms with van der Waals surface area (Å²) in [4.78, 5) is 45.0. The summed E-state index contributed by atoms with van der Waals surface area (Å²) in [6, 6.07) is -1.99. The lowest BCUT2D eigenvalue weighted by molar-refractivity contribution is -0.143. The highest BCUT2D eigenvalue weighted by atomic mass is 16.2. The zero-order valence-corrected chi connectivity index (χ0v) is 8.31. The number of imide groups is 2. The summed E-state index contributed by atoms with van der Waals surface area (Å²) in [6.45, 7) is 3.25. The standard InChI is InChI=1S/C8H11N3O4/c1-3(2)4(5(9)12)11-7(14)6(13)10-8(11)15/h3-4H,1-2H3,(H2,9,12)(H,10,13,15). The molecule has 0 aromatic carbocycles. The first-order chi connectivity index (χ1) is 6.86. The van der Waals surface area contributed by atoms with Gasteiger partial charge in [-0.2, -0.15) is 0 Å². The van der Waals surface area contributed by atoms with Crippen molar-refractivity contribution in [1.82, 2.24) is 10.2 Å². The molecule has 1 unspecified atom stereocenters. The number of nitrogens with two attached hydrogens (primary N) is 1. The molecule has 1 heterocycles. The third-order valence-corrected chi connectivity index (χ3v) is 2.05. The van der Waals surface area contributed by atoms with Gasteiger partial charge in [0.1, 0.15) is 6.04 Å². The van der Waals surface area contributed by atoms with E-state index < -0.39 is 29.8 Å². The van der Waals surface area contributed by atoms with Gasteiger partial charge in [-0.25, -0.2) is 9.69 Å². The Kier molecular flexibility index (Phi) is 2.74. The Balaban J connectivity index is 3.04. The Hall–Kier alpha value is -1.92. The lowest BCUT2D eigenvalue weighted by Crippen LogP contribution is -2.51.